The number of para-hydroxylation sites is 1. The Morgan fingerprint density at radius 1 is 1.12 bits per heavy atom. The molecule has 0 aliphatic rings. The second-order valence-corrected chi connectivity index (χ2v) is 6.13. The van der Waals surface area contributed by atoms with Crippen molar-refractivity contribution in [3.63, 3.8) is 0 Å². The molecule has 5 nitrogen and oxygen atoms in total. The van der Waals surface area contributed by atoms with E-state index in [-0.39, 0.29) is 0 Å². The van der Waals surface area contributed by atoms with Crippen LogP contribution in [0, 0.1) is 0 Å². The van der Waals surface area contributed by atoms with Gasteiger partial charge in [-0.15, -0.1) is 0 Å². The standard InChI is InChI=1S/C19H24N4O/c1-4-16-9-10-17-19(21-16)23(14-20-17)13-15-7-5-6-8-18(15)24-12-11-22(2)3/h5-10,14H,4,11-13H2,1-3H3. The summed E-state index contributed by atoms with van der Waals surface area (Å²) in [6.07, 6.45) is 2.78. The molecule has 0 bridgehead atoms. The minimum atomic E-state index is 0.674. The number of imidazole rings is 1. The van der Waals surface area contributed by atoms with E-state index in [4.69, 9.17) is 9.72 Å². The van der Waals surface area contributed by atoms with Crippen molar-refractivity contribution in [2.45, 2.75) is 19.9 Å². The zero-order valence-electron chi connectivity index (χ0n) is 14.6. The first-order valence-corrected chi connectivity index (χ1v) is 8.33. The van der Waals surface area contributed by atoms with Crippen molar-refractivity contribution in [3.8, 4) is 5.75 Å². The molecule has 3 aromatic rings. The van der Waals surface area contributed by atoms with Crippen LogP contribution in [0.2, 0.25) is 0 Å². The van der Waals surface area contributed by atoms with Gasteiger partial charge in [0.1, 0.15) is 17.9 Å². The number of hydrogen-bond acceptors (Lipinski definition) is 4. The summed E-state index contributed by atoms with van der Waals surface area (Å²) in [5.74, 6) is 0.924. The third-order valence-corrected chi connectivity index (χ3v) is 3.99. The van der Waals surface area contributed by atoms with Crippen LogP contribution in [0.25, 0.3) is 11.2 Å². The highest BCUT2D eigenvalue weighted by atomic mass is 16.5. The Morgan fingerprint density at radius 3 is 2.75 bits per heavy atom. The monoisotopic (exact) mass is 324 g/mol. The number of rotatable bonds is 7. The van der Waals surface area contributed by atoms with Crippen LogP contribution in [0.15, 0.2) is 42.7 Å². The summed E-state index contributed by atoms with van der Waals surface area (Å²) < 4.78 is 8.04. The topological polar surface area (TPSA) is 43.2 Å². The van der Waals surface area contributed by atoms with Gasteiger partial charge in [0.2, 0.25) is 0 Å². The van der Waals surface area contributed by atoms with E-state index in [0.29, 0.717) is 13.2 Å². The van der Waals surface area contributed by atoms with Gasteiger partial charge < -0.3 is 14.2 Å². The number of ether oxygens (including phenoxy) is 1. The summed E-state index contributed by atoms with van der Waals surface area (Å²) in [6.45, 7) is 4.38. The van der Waals surface area contributed by atoms with Gasteiger partial charge in [-0.1, -0.05) is 25.1 Å². The predicted molar refractivity (Wildman–Crippen MR) is 96.5 cm³/mol. The maximum Gasteiger partial charge on any atom is 0.160 e. The molecule has 2 heterocycles. The van der Waals surface area contributed by atoms with Gasteiger partial charge in [-0.3, -0.25) is 0 Å². The van der Waals surface area contributed by atoms with Crippen LogP contribution in [0.5, 0.6) is 5.75 Å². The zero-order chi connectivity index (χ0) is 16.9. The molecule has 0 amide bonds. The summed E-state index contributed by atoms with van der Waals surface area (Å²) >= 11 is 0. The normalized spacial score (nSPS) is 11.3. The Balaban J connectivity index is 1.83. The van der Waals surface area contributed by atoms with E-state index < -0.39 is 0 Å². The Bertz CT molecular complexity index is 810. The molecule has 0 saturated carbocycles. The number of nitrogens with zero attached hydrogens (tertiary/aromatic N) is 4. The van der Waals surface area contributed by atoms with Gasteiger partial charge in [0.15, 0.2) is 5.65 Å². The van der Waals surface area contributed by atoms with E-state index in [2.05, 4.69) is 27.4 Å². The van der Waals surface area contributed by atoms with Crippen molar-refractivity contribution >= 4 is 11.2 Å². The summed E-state index contributed by atoms with van der Waals surface area (Å²) in [5.41, 5.74) is 4.08. The maximum absolute atomic E-state index is 5.96. The van der Waals surface area contributed by atoms with Crippen molar-refractivity contribution in [2.24, 2.45) is 0 Å². The fourth-order valence-corrected chi connectivity index (χ4v) is 2.59. The Kier molecular flexibility index (Phi) is 5.11. The van der Waals surface area contributed by atoms with E-state index in [1.165, 1.54) is 0 Å². The lowest BCUT2D eigenvalue weighted by Crippen LogP contribution is -2.19. The molecular formula is C19H24N4O. The number of pyridine rings is 1. The van der Waals surface area contributed by atoms with Gasteiger partial charge in [-0.05, 0) is 38.7 Å². The van der Waals surface area contributed by atoms with Gasteiger partial charge >= 0.3 is 0 Å². The number of aryl methyl sites for hydroxylation is 1. The maximum atomic E-state index is 5.96. The molecule has 0 unspecified atom stereocenters. The van der Waals surface area contributed by atoms with E-state index in [1.807, 2.05) is 50.8 Å². The Hall–Kier alpha value is -2.40. The molecule has 0 fully saturated rings. The van der Waals surface area contributed by atoms with E-state index in [1.54, 1.807) is 0 Å². The van der Waals surface area contributed by atoms with Crippen molar-refractivity contribution in [1.29, 1.82) is 0 Å². The number of hydrogen-bond donors (Lipinski definition) is 0. The molecule has 0 radical (unpaired) electrons. The highest BCUT2D eigenvalue weighted by Gasteiger charge is 2.09. The average molecular weight is 324 g/mol. The van der Waals surface area contributed by atoms with Crippen LogP contribution < -0.4 is 4.74 Å². The summed E-state index contributed by atoms with van der Waals surface area (Å²) in [5, 5.41) is 0. The van der Waals surface area contributed by atoms with Gasteiger partial charge in [0.25, 0.3) is 0 Å². The van der Waals surface area contributed by atoms with Crippen LogP contribution in [0.4, 0.5) is 0 Å². The summed E-state index contributed by atoms with van der Waals surface area (Å²) in [7, 11) is 4.09. The molecule has 1 aromatic carbocycles. The largest absolute Gasteiger partial charge is 0.492 e. The zero-order valence-corrected chi connectivity index (χ0v) is 14.6. The molecule has 2 aromatic heterocycles. The van der Waals surface area contributed by atoms with Crippen LogP contribution in [-0.4, -0.2) is 46.7 Å². The molecule has 3 rings (SSSR count). The van der Waals surface area contributed by atoms with Crippen molar-refractivity contribution < 1.29 is 4.74 Å². The minimum Gasteiger partial charge on any atom is -0.492 e. The minimum absolute atomic E-state index is 0.674. The second-order valence-electron chi connectivity index (χ2n) is 6.13. The highest BCUT2D eigenvalue weighted by Crippen LogP contribution is 2.21. The number of likely N-dealkylation sites (N-methyl/N-ethyl adjacent to an activating group) is 1. The molecule has 126 valence electrons. The van der Waals surface area contributed by atoms with Crippen molar-refractivity contribution in [1.82, 2.24) is 19.4 Å². The average Bonchev–Trinajstić information content (AvgIpc) is 2.98. The van der Waals surface area contributed by atoms with Crippen molar-refractivity contribution in [2.75, 3.05) is 27.2 Å². The van der Waals surface area contributed by atoms with Gasteiger partial charge in [0.05, 0.1) is 12.9 Å². The third-order valence-electron chi connectivity index (χ3n) is 3.99. The summed E-state index contributed by atoms with van der Waals surface area (Å²) in [4.78, 5) is 11.3. The molecule has 0 aliphatic carbocycles. The third kappa shape index (κ3) is 3.74. The Labute approximate surface area is 142 Å². The molecule has 24 heavy (non-hydrogen) atoms. The van der Waals surface area contributed by atoms with Gasteiger partial charge in [-0.2, -0.15) is 0 Å². The molecule has 0 aliphatic heterocycles. The molecule has 0 atom stereocenters. The van der Waals surface area contributed by atoms with Crippen LogP contribution in [0.3, 0.4) is 0 Å². The SMILES string of the molecule is CCc1ccc2ncn(Cc3ccccc3OCCN(C)C)c2n1. The fraction of sp³-hybridized carbons (Fsp3) is 0.368. The lowest BCUT2D eigenvalue weighted by Gasteiger charge is -2.14. The number of aromatic nitrogens is 3. The van der Waals surface area contributed by atoms with E-state index in [9.17, 15) is 0 Å². The van der Waals surface area contributed by atoms with E-state index in [0.717, 1.165) is 41.1 Å². The quantitative estimate of drug-likeness (QED) is 0.670. The second kappa shape index (κ2) is 7.45. The lowest BCUT2D eigenvalue weighted by molar-refractivity contribution is 0.259. The fourth-order valence-electron chi connectivity index (χ4n) is 2.59. The van der Waals surface area contributed by atoms with Crippen LogP contribution in [-0.2, 0) is 13.0 Å². The first-order chi connectivity index (χ1) is 11.7. The molecule has 0 N–H and O–H groups in total. The lowest BCUT2D eigenvalue weighted by atomic mass is 10.2. The van der Waals surface area contributed by atoms with Gasteiger partial charge in [0, 0.05) is 17.8 Å². The van der Waals surface area contributed by atoms with Crippen molar-refractivity contribution in [3.05, 3.63) is 54.0 Å². The Morgan fingerprint density at radius 2 is 1.96 bits per heavy atom. The smallest absolute Gasteiger partial charge is 0.160 e. The summed E-state index contributed by atoms with van der Waals surface area (Å²) in [6, 6.07) is 12.2. The van der Waals surface area contributed by atoms with Crippen LogP contribution >= 0.6 is 0 Å². The molecule has 5 heteroatoms. The molecule has 0 saturated heterocycles. The van der Waals surface area contributed by atoms with Crippen LogP contribution in [0.1, 0.15) is 18.2 Å². The highest BCUT2D eigenvalue weighted by molar-refractivity contribution is 5.70. The molecule has 0 spiro atoms. The number of fused-ring (bicyclic) bond motifs is 1. The first kappa shape index (κ1) is 16.5. The predicted octanol–water partition coefficient (Wildman–Crippen LogP) is 2.98. The number of benzene rings is 1. The van der Waals surface area contributed by atoms with E-state index >= 15 is 0 Å². The first-order valence-electron chi connectivity index (χ1n) is 8.33. The van der Waals surface area contributed by atoms with Gasteiger partial charge in [-0.25, -0.2) is 9.97 Å². The molecular weight excluding hydrogens is 300 g/mol.